The molecule has 3 heterocycles. The van der Waals surface area contributed by atoms with Gasteiger partial charge in [0.2, 0.25) is 5.91 Å². The summed E-state index contributed by atoms with van der Waals surface area (Å²) in [6.07, 6.45) is 0.498. The van der Waals surface area contributed by atoms with E-state index in [1.807, 2.05) is 0 Å². The summed E-state index contributed by atoms with van der Waals surface area (Å²) in [5, 5.41) is 6.51. The number of likely N-dealkylation sites (N-methyl/N-ethyl adjacent to an activating group) is 1. The van der Waals surface area contributed by atoms with E-state index in [1.165, 1.54) is 40.0 Å². The van der Waals surface area contributed by atoms with Crippen LogP contribution in [0.3, 0.4) is 0 Å². The summed E-state index contributed by atoms with van der Waals surface area (Å²) in [4.78, 5) is 29.9. The first-order valence-electron chi connectivity index (χ1n) is 10.5. The van der Waals surface area contributed by atoms with Gasteiger partial charge in [0.1, 0.15) is 34.9 Å². The first kappa shape index (κ1) is 24.7. The van der Waals surface area contributed by atoms with Crippen LogP contribution in [0.1, 0.15) is 24.5 Å². The molecule has 0 spiro atoms. The molecule has 9 nitrogen and oxygen atoms in total. The van der Waals surface area contributed by atoms with Crippen molar-refractivity contribution in [3.05, 3.63) is 57.7 Å². The molecule has 0 fully saturated rings. The predicted molar refractivity (Wildman–Crippen MR) is 126 cm³/mol. The standard InChI is InChI=1S/C22H20Cl2F2N6O3/c1-31(9-3-5-14-16-13(29-22(34)35-14)7-6-11(23)18(16)26)15(33)10-32-21(27)17(24)20(30-32)19-12(25)4-2-8-28-19/h2,4,6-8,14H,3,5,9-10,27H2,1H3,(H,29,34). The molecule has 184 valence electrons. The van der Waals surface area contributed by atoms with Crippen molar-refractivity contribution in [1.82, 2.24) is 19.7 Å². The molecule has 2 aromatic heterocycles. The summed E-state index contributed by atoms with van der Waals surface area (Å²) in [5.41, 5.74) is 6.39. The van der Waals surface area contributed by atoms with Gasteiger partial charge in [0.25, 0.3) is 0 Å². The average Bonchev–Trinajstić information content (AvgIpc) is 3.09. The minimum Gasteiger partial charge on any atom is -0.441 e. The number of rotatable bonds is 7. The lowest BCUT2D eigenvalue weighted by Crippen LogP contribution is -2.32. The Morgan fingerprint density at radius 3 is 2.80 bits per heavy atom. The molecule has 3 N–H and O–H groups in total. The molecule has 1 atom stereocenters. The van der Waals surface area contributed by atoms with Crippen LogP contribution >= 0.6 is 23.2 Å². The third-order valence-electron chi connectivity index (χ3n) is 5.53. The summed E-state index contributed by atoms with van der Waals surface area (Å²) in [5.74, 6) is -1.63. The molecule has 0 radical (unpaired) electrons. The fraction of sp³-hybridized carbons (Fsp3) is 0.273. The number of halogens is 4. The van der Waals surface area contributed by atoms with E-state index in [1.54, 1.807) is 7.05 Å². The van der Waals surface area contributed by atoms with Crippen LogP contribution in [0.15, 0.2) is 30.5 Å². The van der Waals surface area contributed by atoms with Crippen LogP contribution in [0, 0.1) is 11.6 Å². The van der Waals surface area contributed by atoms with Gasteiger partial charge >= 0.3 is 6.09 Å². The number of aromatic nitrogens is 3. The molecule has 0 saturated carbocycles. The number of fused-ring (bicyclic) bond motifs is 1. The van der Waals surface area contributed by atoms with Crippen LogP contribution in [0.25, 0.3) is 11.4 Å². The second kappa shape index (κ2) is 10.0. The molecule has 0 bridgehead atoms. The lowest BCUT2D eigenvalue weighted by Gasteiger charge is -2.27. The molecule has 4 rings (SSSR count). The maximum atomic E-state index is 14.5. The highest BCUT2D eigenvalue weighted by atomic mass is 35.5. The third kappa shape index (κ3) is 5.01. The minimum absolute atomic E-state index is 0.000881. The van der Waals surface area contributed by atoms with Gasteiger partial charge in [-0.1, -0.05) is 23.2 Å². The summed E-state index contributed by atoms with van der Waals surface area (Å²) in [6, 6.07) is 5.50. The quantitative estimate of drug-likeness (QED) is 0.464. The van der Waals surface area contributed by atoms with Gasteiger partial charge in [-0.3, -0.25) is 15.1 Å². The lowest BCUT2D eigenvalue weighted by molar-refractivity contribution is -0.130. The number of hydrogen-bond acceptors (Lipinski definition) is 6. The second-order valence-electron chi connectivity index (χ2n) is 7.84. The van der Waals surface area contributed by atoms with Crippen LogP contribution in [-0.2, 0) is 16.1 Å². The van der Waals surface area contributed by atoms with E-state index in [-0.39, 0.29) is 58.2 Å². The Morgan fingerprint density at radius 1 is 1.29 bits per heavy atom. The fourth-order valence-electron chi connectivity index (χ4n) is 3.69. The van der Waals surface area contributed by atoms with E-state index in [0.717, 1.165) is 0 Å². The molecule has 1 aromatic carbocycles. The van der Waals surface area contributed by atoms with Gasteiger partial charge in [0, 0.05) is 19.8 Å². The number of nitrogen functional groups attached to an aromatic ring is 1. The summed E-state index contributed by atoms with van der Waals surface area (Å²) < 4.78 is 35.0. The van der Waals surface area contributed by atoms with Gasteiger partial charge in [-0.2, -0.15) is 5.10 Å². The highest BCUT2D eigenvalue weighted by molar-refractivity contribution is 6.35. The Morgan fingerprint density at radius 2 is 2.06 bits per heavy atom. The fourth-order valence-corrected chi connectivity index (χ4v) is 4.08. The number of nitrogens with two attached hydrogens (primary N) is 1. The molecule has 1 aliphatic rings. The van der Waals surface area contributed by atoms with E-state index in [4.69, 9.17) is 33.7 Å². The second-order valence-corrected chi connectivity index (χ2v) is 8.62. The SMILES string of the molecule is CN(CCCC1OC(=O)Nc2ccc(Cl)c(F)c21)C(=O)Cn1nc(-c2ncccc2F)c(Cl)c1N. The van der Waals surface area contributed by atoms with Gasteiger partial charge in [-0.25, -0.2) is 18.3 Å². The monoisotopic (exact) mass is 524 g/mol. The number of nitrogens with zero attached hydrogens (tertiary/aromatic N) is 4. The van der Waals surface area contributed by atoms with E-state index in [9.17, 15) is 18.4 Å². The van der Waals surface area contributed by atoms with E-state index in [2.05, 4.69) is 15.4 Å². The number of amides is 2. The molecule has 13 heteroatoms. The number of anilines is 2. The van der Waals surface area contributed by atoms with Gasteiger partial charge in [0.05, 0.1) is 16.3 Å². The summed E-state index contributed by atoms with van der Waals surface area (Å²) in [6.45, 7) is 0.0281. The molecule has 1 unspecified atom stereocenters. The normalized spacial score (nSPS) is 14.8. The Kier molecular flexibility index (Phi) is 7.08. The van der Waals surface area contributed by atoms with Crippen LogP contribution in [0.4, 0.5) is 25.1 Å². The van der Waals surface area contributed by atoms with Gasteiger partial charge in [-0.05, 0) is 37.1 Å². The van der Waals surface area contributed by atoms with Crippen molar-refractivity contribution in [2.45, 2.75) is 25.5 Å². The Hall–Kier alpha value is -3.44. The van der Waals surface area contributed by atoms with Crippen LogP contribution < -0.4 is 11.1 Å². The van der Waals surface area contributed by atoms with Crippen molar-refractivity contribution >= 4 is 46.7 Å². The molecule has 1 aliphatic heterocycles. The molecule has 0 aliphatic carbocycles. The molecule has 35 heavy (non-hydrogen) atoms. The highest BCUT2D eigenvalue weighted by Gasteiger charge is 2.30. The van der Waals surface area contributed by atoms with Crippen molar-refractivity contribution in [1.29, 1.82) is 0 Å². The maximum Gasteiger partial charge on any atom is 0.412 e. The number of hydrogen-bond donors (Lipinski definition) is 2. The number of carbonyl (C=O) groups excluding carboxylic acids is 2. The zero-order valence-electron chi connectivity index (χ0n) is 18.4. The van der Waals surface area contributed by atoms with Crippen LogP contribution in [-0.4, -0.2) is 45.3 Å². The number of ether oxygens (including phenoxy) is 1. The highest BCUT2D eigenvalue weighted by Crippen LogP contribution is 2.38. The number of carbonyl (C=O) groups is 2. The van der Waals surface area contributed by atoms with E-state index >= 15 is 0 Å². The predicted octanol–water partition coefficient (Wildman–Crippen LogP) is 4.65. The molecule has 0 saturated heterocycles. The lowest BCUT2D eigenvalue weighted by atomic mass is 10.0. The Balaban J connectivity index is 1.39. The molecule has 2 amide bonds. The summed E-state index contributed by atoms with van der Waals surface area (Å²) >= 11 is 12.1. The maximum absolute atomic E-state index is 14.5. The van der Waals surface area contributed by atoms with Gasteiger partial charge in [0.15, 0.2) is 11.6 Å². The first-order valence-corrected chi connectivity index (χ1v) is 11.2. The van der Waals surface area contributed by atoms with Crippen molar-refractivity contribution in [3.8, 4) is 11.4 Å². The first-order chi connectivity index (χ1) is 16.7. The smallest absolute Gasteiger partial charge is 0.412 e. The minimum atomic E-state index is -0.850. The van der Waals surface area contributed by atoms with E-state index < -0.39 is 23.8 Å². The topological polar surface area (TPSA) is 115 Å². The van der Waals surface area contributed by atoms with Crippen LogP contribution in [0.2, 0.25) is 10.0 Å². The average molecular weight is 525 g/mol. The van der Waals surface area contributed by atoms with Crippen molar-refractivity contribution in [2.75, 3.05) is 24.6 Å². The Labute approximate surface area is 208 Å². The zero-order chi connectivity index (χ0) is 25.3. The van der Waals surface area contributed by atoms with Crippen LogP contribution in [0.5, 0.6) is 0 Å². The van der Waals surface area contributed by atoms with Crippen molar-refractivity contribution < 1.29 is 23.1 Å². The molecular weight excluding hydrogens is 505 g/mol. The van der Waals surface area contributed by atoms with Gasteiger partial charge < -0.3 is 15.4 Å². The molecular formula is C22H20Cl2F2N6O3. The van der Waals surface area contributed by atoms with Crippen molar-refractivity contribution in [3.63, 3.8) is 0 Å². The largest absolute Gasteiger partial charge is 0.441 e. The number of cyclic esters (lactones) is 1. The number of pyridine rings is 1. The number of benzene rings is 1. The Bertz CT molecular complexity index is 1300. The zero-order valence-corrected chi connectivity index (χ0v) is 19.9. The van der Waals surface area contributed by atoms with Crippen molar-refractivity contribution in [2.24, 2.45) is 0 Å². The molecule has 3 aromatic rings. The summed E-state index contributed by atoms with van der Waals surface area (Å²) in [7, 11) is 1.57. The van der Waals surface area contributed by atoms with Gasteiger partial charge in [-0.15, -0.1) is 0 Å². The van der Waals surface area contributed by atoms with E-state index in [0.29, 0.717) is 12.1 Å². The third-order valence-corrected chi connectivity index (χ3v) is 6.19. The number of nitrogens with one attached hydrogen (secondary N) is 1.